The molecule has 1 aromatic rings. The highest BCUT2D eigenvalue weighted by Crippen LogP contribution is 2.52. The molecule has 280 valence electrons. The van der Waals surface area contributed by atoms with Crippen molar-refractivity contribution in [2.45, 2.75) is 150 Å². The van der Waals surface area contributed by atoms with Gasteiger partial charge in [0.25, 0.3) is 5.56 Å². The first-order valence-corrected chi connectivity index (χ1v) is 18.1. The second kappa shape index (κ2) is 20.0. The third-order valence-corrected chi connectivity index (χ3v) is 9.04. The summed E-state index contributed by atoms with van der Waals surface area (Å²) in [5.74, 6) is 0. The number of aromatic amines is 2. The Labute approximate surface area is 285 Å². The van der Waals surface area contributed by atoms with E-state index in [1.165, 1.54) is 6.20 Å². The van der Waals surface area contributed by atoms with Gasteiger partial charge in [0.05, 0.1) is 49.3 Å². The highest BCUT2D eigenvalue weighted by atomic mass is 31.2. The molecule has 3 rings (SSSR count). The van der Waals surface area contributed by atoms with Gasteiger partial charge in [-0.15, -0.1) is 0 Å². The fraction of sp³-hybridized carbons (Fsp3) is 0.862. The summed E-state index contributed by atoms with van der Waals surface area (Å²) in [4.78, 5) is 47.3. The van der Waals surface area contributed by atoms with E-state index < -0.39 is 75.1 Å². The van der Waals surface area contributed by atoms with E-state index in [-0.39, 0.29) is 52.3 Å². The first-order chi connectivity index (χ1) is 21.1. The van der Waals surface area contributed by atoms with Crippen molar-refractivity contribution in [1.29, 1.82) is 0 Å². The lowest BCUT2D eigenvalue weighted by molar-refractivity contribution is -0.0825. The molecule has 8 atom stereocenters. The Balaban J connectivity index is 0.000000913. The molecule has 16 nitrogen and oxygen atoms in total. The molecule has 0 aliphatic carbocycles. The van der Waals surface area contributed by atoms with Crippen LogP contribution in [0.1, 0.15) is 102 Å². The minimum atomic E-state index is -4.30. The number of H-pyrrole nitrogens is 2. The Hall–Kier alpha value is -1.20. The zero-order chi connectivity index (χ0) is 35.0. The predicted octanol–water partition coefficient (Wildman–Crippen LogP) is 4.50. The standard InChI is InChI=1S/C15H25N2O8P.C12H24BO6P.2CH4/c1-8(2)22-7-13-12(25-26(20,21)24-9(3)4)5-11(23-13)10-6-16-15(19)17-14(10)18;1-8(2)16-7-10-12(5,6-11(13)17-10)19-20(14,15)18-9(3)4;;/h6,8-9,11-13H,5,7H2,1-4H3,(H,20,21)(H2,16,17,18,19);8-11H,6-7H2,1-5H3,(H,14,15);2*1H4/t11-,12+,13-;10-,11-,12+;;/m11../s1. The van der Waals surface area contributed by atoms with Crippen molar-refractivity contribution < 1.29 is 56.0 Å². The maximum atomic E-state index is 12.1. The van der Waals surface area contributed by atoms with Crippen LogP contribution in [0.3, 0.4) is 0 Å². The normalized spacial score (nSPS) is 28.0. The smallest absolute Gasteiger partial charge is 0.379 e. The molecular weight excluding hydrogens is 673 g/mol. The Morgan fingerprint density at radius 2 is 1.46 bits per heavy atom. The van der Waals surface area contributed by atoms with Gasteiger partial charge in [-0.3, -0.25) is 27.9 Å². The van der Waals surface area contributed by atoms with Crippen molar-refractivity contribution in [2.24, 2.45) is 0 Å². The fourth-order valence-corrected chi connectivity index (χ4v) is 7.10. The summed E-state index contributed by atoms with van der Waals surface area (Å²) in [6.07, 6.45) is -2.03. The van der Waals surface area contributed by atoms with E-state index >= 15 is 0 Å². The lowest BCUT2D eigenvalue weighted by Gasteiger charge is -2.32. The number of aromatic nitrogens is 2. The molecule has 2 saturated heterocycles. The lowest BCUT2D eigenvalue weighted by atomic mass is 9.89. The molecule has 2 unspecified atom stereocenters. The predicted molar refractivity (Wildman–Crippen MR) is 181 cm³/mol. The van der Waals surface area contributed by atoms with E-state index in [0.717, 1.165) is 0 Å². The monoisotopic (exact) mass is 730 g/mol. The molecule has 0 aromatic carbocycles. The van der Waals surface area contributed by atoms with E-state index in [1.54, 1.807) is 34.6 Å². The number of phosphoric acid groups is 2. The summed E-state index contributed by atoms with van der Waals surface area (Å²) in [5.41, 5.74) is -2.04. The second-order valence-corrected chi connectivity index (χ2v) is 15.0. The van der Waals surface area contributed by atoms with Crippen molar-refractivity contribution in [3.8, 4) is 0 Å². The molecule has 0 bridgehead atoms. The van der Waals surface area contributed by atoms with Gasteiger partial charge in [-0.05, 0) is 68.7 Å². The van der Waals surface area contributed by atoms with Gasteiger partial charge in [0, 0.05) is 18.6 Å². The largest absolute Gasteiger partial charge is 0.473 e. The maximum Gasteiger partial charge on any atom is 0.473 e. The molecule has 0 amide bonds. The molecule has 1 aromatic heterocycles. The summed E-state index contributed by atoms with van der Waals surface area (Å²) < 4.78 is 66.8. The lowest BCUT2D eigenvalue weighted by Crippen LogP contribution is -2.41. The topological polar surface area (TPSA) is 214 Å². The minimum Gasteiger partial charge on any atom is -0.379 e. The Bertz CT molecular complexity index is 1310. The van der Waals surface area contributed by atoms with Crippen molar-refractivity contribution in [3.63, 3.8) is 0 Å². The Kier molecular flexibility index (Phi) is 19.5. The number of phosphoric ester groups is 2. The Morgan fingerprint density at radius 3 is 1.98 bits per heavy atom. The minimum absolute atomic E-state index is 0. The van der Waals surface area contributed by atoms with Crippen LogP contribution in [0.25, 0.3) is 0 Å². The van der Waals surface area contributed by atoms with E-state index in [0.29, 0.717) is 6.42 Å². The molecule has 3 heterocycles. The van der Waals surface area contributed by atoms with Crippen LogP contribution in [-0.4, -0.2) is 95.1 Å². The number of ether oxygens (including phenoxy) is 4. The number of nitrogens with one attached hydrogen (secondary N) is 2. The van der Waals surface area contributed by atoms with Crippen molar-refractivity contribution >= 4 is 23.5 Å². The van der Waals surface area contributed by atoms with Crippen LogP contribution < -0.4 is 11.2 Å². The summed E-state index contributed by atoms with van der Waals surface area (Å²) in [6.45, 7) is 16.0. The van der Waals surface area contributed by atoms with Crippen LogP contribution in [0.5, 0.6) is 0 Å². The number of rotatable bonds is 15. The summed E-state index contributed by atoms with van der Waals surface area (Å²) >= 11 is 0. The quantitative estimate of drug-likeness (QED) is 0.145. The second-order valence-electron chi connectivity index (χ2n) is 12.4. The first kappa shape index (κ1) is 46.8. The van der Waals surface area contributed by atoms with Crippen LogP contribution in [0.4, 0.5) is 0 Å². The van der Waals surface area contributed by atoms with Gasteiger partial charge < -0.3 is 33.7 Å². The van der Waals surface area contributed by atoms with Crippen LogP contribution in [0.2, 0.25) is 0 Å². The summed E-state index contributed by atoms with van der Waals surface area (Å²) in [5, 5.41) is 0. The molecule has 2 fully saturated rings. The summed E-state index contributed by atoms with van der Waals surface area (Å²) in [7, 11) is -2.71. The van der Waals surface area contributed by atoms with E-state index in [2.05, 4.69) is 9.97 Å². The van der Waals surface area contributed by atoms with Crippen LogP contribution in [0, 0.1) is 0 Å². The van der Waals surface area contributed by atoms with Gasteiger partial charge in [-0.1, -0.05) is 14.9 Å². The fourth-order valence-electron chi connectivity index (χ4n) is 4.66. The van der Waals surface area contributed by atoms with Crippen molar-refractivity contribution in [1.82, 2.24) is 9.97 Å². The SMILES string of the molecule is C.C.CC(C)OC[C@H]1O[C@@H](c2c[nH]c(=O)[nH]c2=O)C[C@@H]1OP(=O)(O)OC(C)C.[B][C@H]1C[C@](C)(OP(=O)(O)OC(C)C)[C@@H](COC(C)C)O1. The Morgan fingerprint density at radius 1 is 0.917 bits per heavy atom. The third-order valence-electron chi connectivity index (χ3n) is 6.48. The summed E-state index contributed by atoms with van der Waals surface area (Å²) in [6, 6.07) is -0.556. The van der Waals surface area contributed by atoms with Gasteiger partial charge in [0.2, 0.25) is 0 Å². The average molecular weight is 731 g/mol. The molecular formula is C29H57BN2O14P2. The molecule has 48 heavy (non-hydrogen) atoms. The molecule has 2 aliphatic rings. The van der Waals surface area contributed by atoms with Gasteiger partial charge in [0.1, 0.15) is 31.8 Å². The van der Waals surface area contributed by atoms with Gasteiger partial charge >= 0.3 is 21.3 Å². The first-order valence-electron chi connectivity index (χ1n) is 15.1. The molecule has 4 N–H and O–H groups in total. The van der Waals surface area contributed by atoms with Crippen molar-refractivity contribution in [2.75, 3.05) is 13.2 Å². The van der Waals surface area contributed by atoms with E-state index in [9.17, 15) is 28.5 Å². The zero-order valence-corrected chi connectivity index (χ0v) is 29.7. The van der Waals surface area contributed by atoms with E-state index in [1.807, 2.05) is 27.7 Å². The van der Waals surface area contributed by atoms with Crippen LogP contribution in [0.15, 0.2) is 15.8 Å². The average Bonchev–Trinajstić information content (AvgIpc) is 3.37. The van der Waals surface area contributed by atoms with Gasteiger partial charge in [0.15, 0.2) is 0 Å². The van der Waals surface area contributed by atoms with Gasteiger partial charge in [-0.2, -0.15) is 0 Å². The maximum absolute atomic E-state index is 12.1. The van der Waals surface area contributed by atoms with Gasteiger partial charge in [-0.25, -0.2) is 13.9 Å². The van der Waals surface area contributed by atoms with Crippen LogP contribution in [-0.2, 0) is 46.2 Å². The molecule has 19 heteroatoms. The molecule has 0 spiro atoms. The highest BCUT2D eigenvalue weighted by Gasteiger charge is 2.49. The third kappa shape index (κ3) is 15.8. The molecule has 0 saturated carbocycles. The van der Waals surface area contributed by atoms with E-state index in [4.69, 9.17) is 44.9 Å². The number of hydrogen-bond acceptors (Lipinski definition) is 12. The molecule has 2 radical (unpaired) electrons. The van der Waals surface area contributed by atoms with Crippen LogP contribution >= 0.6 is 15.6 Å². The van der Waals surface area contributed by atoms with Crippen molar-refractivity contribution in [3.05, 3.63) is 32.6 Å². The molecule has 2 aliphatic heterocycles. The highest BCUT2D eigenvalue weighted by molar-refractivity contribution is 7.47. The zero-order valence-electron chi connectivity index (χ0n) is 27.9. The number of hydrogen-bond donors (Lipinski definition) is 4.